The van der Waals surface area contributed by atoms with Crippen LogP contribution in [0.2, 0.25) is 0 Å². The molecule has 1 saturated heterocycles. The van der Waals surface area contributed by atoms with Gasteiger partial charge >= 0.3 is 5.97 Å². The van der Waals surface area contributed by atoms with Crippen molar-refractivity contribution in [3.05, 3.63) is 29.3 Å². The lowest BCUT2D eigenvalue weighted by Crippen LogP contribution is -2.32. The van der Waals surface area contributed by atoms with E-state index in [4.69, 9.17) is 4.74 Å². The molecule has 0 unspecified atom stereocenters. The normalized spacial score (nSPS) is 19.2. The molecule has 126 valence electrons. The predicted octanol–water partition coefficient (Wildman–Crippen LogP) is 1.09. The van der Waals surface area contributed by atoms with Gasteiger partial charge in [0.2, 0.25) is 11.8 Å². The summed E-state index contributed by atoms with van der Waals surface area (Å²) in [6.07, 6.45) is 1.19. The topological polar surface area (TPSA) is 92.8 Å². The second-order valence-corrected chi connectivity index (χ2v) is 6.02. The van der Waals surface area contributed by atoms with E-state index in [0.29, 0.717) is 24.2 Å². The van der Waals surface area contributed by atoms with E-state index < -0.39 is 5.97 Å². The van der Waals surface area contributed by atoms with Gasteiger partial charge in [0.05, 0.1) is 5.92 Å². The maximum absolute atomic E-state index is 12.2. The zero-order valence-corrected chi connectivity index (χ0v) is 13.3. The van der Waals surface area contributed by atoms with Crippen LogP contribution < -0.4 is 5.32 Å². The molecule has 1 aromatic rings. The highest BCUT2D eigenvalue weighted by Gasteiger charge is 2.27. The van der Waals surface area contributed by atoms with E-state index in [9.17, 15) is 19.2 Å². The van der Waals surface area contributed by atoms with Crippen LogP contribution in [0.5, 0.6) is 0 Å². The number of ketones is 1. The van der Waals surface area contributed by atoms with Crippen LogP contribution in [0.15, 0.2) is 18.2 Å². The number of nitrogens with one attached hydrogen (secondary N) is 1. The number of hydrogen-bond acceptors (Lipinski definition) is 5. The molecule has 0 aromatic heterocycles. The number of nitrogens with zero attached hydrogens (tertiary/aromatic N) is 1. The van der Waals surface area contributed by atoms with E-state index in [1.54, 1.807) is 25.1 Å². The van der Waals surface area contributed by atoms with Crippen LogP contribution in [0, 0.1) is 0 Å². The van der Waals surface area contributed by atoms with Crippen molar-refractivity contribution in [2.75, 3.05) is 25.0 Å². The molecule has 2 aliphatic heterocycles. The Morgan fingerprint density at radius 3 is 2.83 bits per heavy atom. The number of carbonyl (C=O) groups excluding carboxylic acids is 4. The third-order valence-corrected chi connectivity index (χ3v) is 4.35. The molecule has 2 aliphatic rings. The second kappa shape index (κ2) is 6.43. The fraction of sp³-hybridized carbons (Fsp3) is 0.412. The predicted molar refractivity (Wildman–Crippen MR) is 84.6 cm³/mol. The fourth-order valence-corrected chi connectivity index (χ4v) is 2.89. The van der Waals surface area contributed by atoms with Crippen LogP contribution in [0.4, 0.5) is 5.69 Å². The standard InChI is InChI=1S/C17H18N2O5/c1-10-12-7-11(4-5-13(12)18-17(10)23)14(20)9-24-16(22)8-19-6-2-3-15(19)21/h4-5,7,10H,2-3,6,8-9H2,1H3,(H,18,23)/t10-/m1/s1. The number of ether oxygens (including phenoxy) is 1. The molecular formula is C17H18N2O5. The summed E-state index contributed by atoms with van der Waals surface area (Å²) in [4.78, 5) is 48.4. The Morgan fingerprint density at radius 2 is 2.12 bits per heavy atom. The van der Waals surface area contributed by atoms with Crippen molar-refractivity contribution in [2.45, 2.75) is 25.7 Å². The molecule has 1 N–H and O–H groups in total. The number of esters is 1. The molecule has 24 heavy (non-hydrogen) atoms. The first-order chi connectivity index (χ1) is 11.5. The summed E-state index contributed by atoms with van der Waals surface area (Å²) < 4.78 is 4.97. The number of hydrogen-bond donors (Lipinski definition) is 1. The SMILES string of the molecule is C[C@H]1C(=O)Nc2ccc(C(=O)COC(=O)CN3CCCC3=O)cc21. The second-order valence-electron chi connectivity index (χ2n) is 6.02. The zero-order chi connectivity index (χ0) is 17.3. The fourth-order valence-electron chi connectivity index (χ4n) is 2.89. The van der Waals surface area contributed by atoms with Crippen molar-refractivity contribution in [1.82, 2.24) is 4.90 Å². The van der Waals surface area contributed by atoms with E-state index in [2.05, 4.69) is 5.32 Å². The maximum Gasteiger partial charge on any atom is 0.326 e. The quantitative estimate of drug-likeness (QED) is 0.644. The summed E-state index contributed by atoms with van der Waals surface area (Å²) in [5, 5.41) is 2.73. The van der Waals surface area contributed by atoms with Gasteiger partial charge in [0, 0.05) is 24.2 Å². The first-order valence-electron chi connectivity index (χ1n) is 7.87. The van der Waals surface area contributed by atoms with Gasteiger partial charge in [-0.1, -0.05) is 0 Å². The number of likely N-dealkylation sites (tertiary alicyclic amines) is 1. The first kappa shape index (κ1) is 16.2. The molecular weight excluding hydrogens is 312 g/mol. The lowest BCUT2D eigenvalue weighted by atomic mass is 9.99. The highest BCUT2D eigenvalue weighted by Crippen LogP contribution is 2.32. The van der Waals surface area contributed by atoms with E-state index in [0.717, 1.165) is 12.0 Å². The maximum atomic E-state index is 12.2. The Kier molecular flexibility index (Phi) is 4.33. The van der Waals surface area contributed by atoms with Gasteiger partial charge in [-0.3, -0.25) is 19.2 Å². The number of anilines is 1. The Bertz CT molecular complexity index is 728. The highest BCUT2D eigenvalue weighted by atomic mass is 16.5. The van der Waals surface area contributed by atoms with Gasteiger partial charge in [0.1, 0.15) is 6.54 Å². The van der Waals surface area contributed by atoms with Crippen LogP contribution in [0.3, 0.4) is 0 Å². The Hall–Kier alpha value is -2.70. The van der Waals surface area contributed by atoms with Gasteiger partial charge < -0.3 is 15.0 Å². The average molecular weight is 330 g/mol. The Morgan fingerprint density at radius 1 is 1.33 bits per heavy atom. The smallest absolute Gasteiger partial charge is 0.326 e. The first-order valence-corrected chi connectivity index (χ1v) is 7.87. The van der Waals surface area contributed by atoms with Gasteiger partial charge in [-0.05, 0) is 37.1 Å². The van der Waals surface area contributed by atoms with Crippen LogP contribution in [0.1, 0.15) is 41.6 Å². The Labute approximate surface area is 139 Å². The largest absolute Gasteiger partial charge is 0.456 e. The number of benzene rings is 1. The monoisotopic (exact) mass is 330 g/mol. The number of carbonyl (C=O) groups is 4. The molecule has 3 rings (SSSR count). The molecule has 2 heterocycles. The molecule has 1 aromatic carbocycles. The molecule has 7 nitrogen and oxygen atoms in total. The summed E-state index contributed by atoms with van der Waals surface area (Å²) in [6, 6.07) is 4.92. The van der Waals surface area contributed by atoms with Crippen molar-refractivity contribution in [3.8, 4) is 0 Å². The van der Waals surface area contributed by atoms with E-state index >= 15 is 0 Å². The molecule has 7 heteroatoms. The summed E-state index contributed by atoms with van der Waals surface area (Å²) in [6.45, 7) is 1.81. The minimum Gasteiger partial charge on any atom is -0.456 e. The van der Waals surface area contributed by atoms with Gasteiger partial charge in [-0.2, -0.15) is 0 Å². The van der Waals surface area contributed by atoms with E-state index in [1.807, 2.05) is 0 Å². The number of rotatable bonds is 5. The highest BCUT2D eigenvalue weighted by molar-refractivity contribution is 6.05. The van der Waals surface area contributed by atoms with Gasteiger partial charge in [0.15, 0.2) is 12.4 Å². The minimum absolute atomic E-state index is 0.0666. The van der Waals surface area contributed by atoms with Crippen LogP contribution in [-0.2, 0) is 19.1 Å². The molecule has 1 atom stereocenters. The van der Waals surface area contributed by atoms with Crippen molar-refractivity contribution in [1.29, 1.82) is 0 Å². The number of Topliss-reactive ketones (excluding diaryl/α,β-unsaturated/α-hetero) is 1. The molecule has 0 aliphatic carbocycles. The summed E-state index contributed by atoms with van der Waals surface area (Å²) in [7, 11) is 0. The van der Waals surface area contributed by atoms with Gasteiger partial charge in [-0.25, -0.2) is 0 Å². The lowest BCUT2D eigenvalue weighted by molar-refractivity contribution is -0.147. The summed E-state index contributed by atoms with van der Waals surface area (Å²) in [5.41, 5.74) is 1.86. The van der Waals surface area contributed by atoms with Crippen LogP contribution in [0.25, 0.3) is 0 Å². The van der Waals surface area contributed by atoms with Crippen molar-refractivity contribution < 1.29 is 23.9 Å². The van der Waals surface area contributed by atoms with E-state index in [1.165, 1.54) is 4.90 Å². The molecule has 2 amide bonds. The summed E-state index contributed by atoms with van der Waals surface area (Å²) in [5.74, 6) is -1.41. The average Bonchev–Trinajstić information content (AvgIpc) is 3.09. The van der Waals surface area contributed by atoms with E-state index in [-0.39, 0.29) is 36.7 Å². The minimum atomic E-state index is -0.593. The molecule has 0 bridgehead atoms. The van der Waals surface area contributed by atoms with Crippen LogP contribution in [-0.4, -0.2) is 48.2 Å². The summed E-state index contributed by atoms with van der Waals surface area (Å²) >= 11 is 0. The zero-order valence-electron chi connectivity index (χ0n) is 13.3. The molecule has 0 saturated carbocycles. The van der Waals surface area contributed by atoms with Crippen LogP contribution >= 0.6 is 0 Å². The van der Waals surface area contributed by atoms with Gasteiger partial charge in [-0.15, -0.1) is 0 Å². The molecule has 0 radical (unpaired) electrons. The van der Waals surface area contributed by atoms with Crippen molar-refractivity contribution in [2.24, 2.45) is 0 Å². The molecule has 1 fully saturated rings. The third-order valence-electron chi connectivity index (χ3n) is 4.35. The number of amides is 2. The Balaban J connectivity index is 1.57. The third kappa shape index (κ3) is 3.15. The molecule has 0 spiro atoms. The van der Waals surface area contributed by atoms with Crippen molar-refractivity contribution in [3.63, 3.8) is 0 Å². The lowest BCUT2D eigenvalue weighted by Gasteiger charge is -2.14. The van der Waals surface area contributed by atoms with Crippen molar-refractivity contribution >= 4 is 29.3 Å². The number of fused-ring (bicyclic) bond motifs is 1. The van der Waals surface area contributed by atoms with Gasteiger partial charge in [0.25, 0.3) is 0 Å².